The van der Waals surface area contributed by atoms with Gasteiger partial charge in [-0.15, -0.1) is 0 Å². The van der Waals surface area contributed by atoms with E-state index in [9.17, 15) is 0 Å². The van der Waals surface area contributed by atoms with Crippen LogP contribution in [0.2, 0.25) is 5.82 Å². The fourth-order valence-electron chi connectivity index (χ4n) is 2.53. The van der Waals surface area contributed by atoms with E-state index in [1.165, 1.54) is 44.9 Å². The van der Waals surface area contributed by atoms with Crippen LogP contribution in [0.4, 0.5) is 0 Å². The van der Waals surface area contributed by atoms with E-state index >= 15 is 0 Å². The van der Waals surface area contributed by atoms with Crippen molar-refractivity contribution in [2.75, 3.05) is 0 Å². The van der Waals surface area contributed by atoms with Gasteiger partial charge in [0.2, 0.25) is 0 Å². The topological polar surface area (TPSA) is 0 Å². The zero-order valence-corrected chi connectivity index (χ0v) is 7.26. The van der Waals surface area contributed by atoms with Crippen molar-refractivity contribution in [1.29, 1.82) is 0 Å². The summed E-state index contributed by atoms with van der Waals surface area (Å²) in [6, 6.07) is 0. The third-order valence-corrected chi connectivity index (χ3v) is 3.63. The van der Waals surface area contributed by atoms with E-state index in [1.54, 1.807) is 0 Å². The Morgan fingerprint density at radius 1 is 0.727 bits per heavy atom. The Morgan fingerprint density at radius 2 is 1.27 bits per heavy atom. The third-order valence-electron chi connectivity index (χ3n) is 3.63. The first-order valence-electron chi connectivity index (χ1n) is 5.12. The molecule has 0 atom stereocenters. The lowest BCUT2D eigenvalue weighted by Crippen LogP contribution is -2.25. The molecule has 0 saturated heterocycles. The molecule has 0 bridgehead atoms. The van der Waals surface area contributed by atoms with Gasteiger partial charge in [0.1, 0.15) is 0 Å². The molecule has 0 aromatic rings. The fraction of sp³-hybridized carbons (Fsp3) is 1.00. The van der Waals surface area contributed by atoms with Gasteiger partial charge in [-0.2, -0.15) is 0 Å². The molecule has 2 fully saturated rings. The lowest BCUT2D eigenvalue weighted by atomic mass is 9.64. The lowest BCUT2D eigenvalue weighted by Gasteiger charge is -2.37. The van der Waals surface area contributed by atoms with Crippen LogP contribution in [0.5, 0.6) is 0 Å². The van der Waals surface area contributed by atoms with E-state index in [0.717, 1.165) is 11.8 Å². The summed E-state index contributed by atoms with van der Waals surface area (Å²) in [4.78, 5) is 0. The highest BCUT2D eigenvalue weighted by molar-refractivity contribution is 6.11. The Labute approximate surface area is 71.2 Å². The quantitative estimate of drug-likeness (QED) is 0.501. The second-order valence-corrected chi connectivity index (χ2v) is 4.37. The van der Waals surface area contributed by atoms with Crippen LogP contribution in [0.3, 0.4) is 0 Å². The molecule has 0 aliphatic heterocycles. The molecule has 2 rings (SSSR count). The van der Waals surface area contributed by atoms with Gasteiger partial charge in [0.25, 0.3) is 0 Å². The van der Waals surface area contributed by atoms with Crippen LogP contribution >= 0.6 is 0 Å². The summed E-state index contributed by atoms with van der Waals surface area (Å²) in [5.74, 6) is 2.69. The second kappa shape index (κ2) is 3.20. The molecule has 1 heteroatoms. The van der Waals surface area contributed by atoms with Crippen molar-refractivity contribution >= 4 is 7.85 Å². The monoisotopic (exact) mass is 148 g/mol. The summed E-state index contributed by atoms with van der Waals surface area (Å²) >= 11 is 0. The molecule has 0 spiro atoms. The smallest absolute Gasteiger partial charge is 0.0699 e. The molecule has 0 unspecified atom stereocenters. The number of hydrogen-bond acceptors (Lipinski definition) is 0. The average Bonchev–Trinajstić information content (AvgIpc) is 1.90. The van der Waals surface area contributed by atoms with Gasteiger partial charge in [0.15, 0.2) is 0 Å². The summed E-state index contributed by atoms with van der Waals surface area (Å²) in [7, 11) is 5.86. The highest BCUT2D eigenvalue weighted by Gasteiger charge is 2.29. The van der Waals surface area contributed by atoms with Gasteiger partial charge in [-0.3, -0.25) is 0 Å². The Morgan fingerprint density at radius 3 is 1.73 bits per heavy atom. The van der Waals surface area contributed by atoms with Crippen molar-refractivity contribution < 1.29 is 0 Å². The molecule has 0 N–H and O–H groups in total. The van der Waals surface area contributed by atoms with Gasteiger partial charge in [0.05, 0.1) is 7.85 Å². The van der Waals surface area contributed by atoms with Crippen LogP contribution in [0.15, 0.2) is 0 Å². The zero-order valence-electron chi connectivity index (χ0n) is 7.26. The Balaban J connectivity index is 1.77. The van der Waals surface area contributed by atoms with Gasteiger partial charge in [-0.1, -0.05) is 50.8 Å². The van der Waals surface area contributed by atoms with Gasteiger partial charge >= 0.3 is 0 Å². The molecule has 2 radical (unpaired) electrons. The van der Waals surface area contributed by atoms with Gasteiger partial charge < -0.3 is 0 Å². The summed E-state index contributed by atoms with van der Waals surface area (Å²) < 4.78 is 0. The van der Waals surface area contributed by atoms with Crippen molar-refractivity contribution in [3.8, 4) is 0 Å². The Hall–Kier alpha value is 0.0649. The van der Waals surface area contributed by atoms with Crippen LogP contribution in [0.25, 0.3) is 0 Å². The highest BCUT2D eigenvalue weighted by Crippen LogP contribution is 2.42. The Bertz CT molecular complexity index is 121. The van der Waals surface area contributed by atoms with Gasteiger partial charge in [-0.05, 0) is 11.8 Å². The summed E-state index contributed by atoms with van der Waals surface area (Å²) in [6.07, 6.45) is 9.95. The molecule has 0 heterocycles. The van der Waals surface area contributed by atoms with Crippen molar-refractivity contribution in [3.05, 3.63) is 0 Å². The minimum Gasteiger partial charge on any atom is -0.0774 e. The zero-order chi connectivity index (χ0) is 7.68. The largest absolute Gasteiger partial charge is 0.0774 e. The standard InChI is InChI=1S/C10H17B/c11-10-6-4-9(5-7-10)8-2-1-3-8/h8-10H,1-7H2. The fourth-order valence-corrected chi connectivity index (χ4v) is 2.53. The molecule has 0 amide bonds. The Kier molecular flexibility index (Phi) is 2.24. The third kappa shape index (κ3) is 1.63. The van der Waals surface area contributed by atoms with E-state index in [2.05, 4.69) is 0 Å². The average molecular weight is 148 g/mol. The molecule has 2 aliphatic carbocycles. The number of hydrogen-bond donors (Lipinski definition) is 0. The first-order chi connectivity index (χ1) is 5.36. The molecule has 2 aliphatic rings. The molecule has 0 nitrogen and oxygen atoms in total. The van der Waals surface area contributed by atoms with Crippen molar-refractivity contribution in [2.45, 2.75) is 50.8 Å². The minimum atomic E-state index is 0.534. The SMILES string of the molecule is [B]C1CCC(C2CCC2)CC1. The first-order valence-corrected chi connectivity index (χ1v) is 5.12. The van der Waals surface area contributed by atoms with E-state index in [4.69, 9.17) is 7.85 Å². The van der Waals surface area contributed by atoms with Crippen LogP contribution in [-0.4, -0.2) is 7.85 Å². The molecule has 60 valence electrons. The van der Waals surface area contributed by atoms with E-state index in [0.29, 0.717) is 5.82 Å². The van der Waals surface area contributed by atoms with Crippen molar-refractivity contribution in [1.82, 2.24) is 0 Å². The maximum absolute atomic E-state index is 5.86. The minimum absolute atomic E-state index is 0.534. The first kappa shape index (κ1) is 7.70. The molecule has 2 saturated carbocycles. The van der Waals surface area contributed by atoms with E-state index in [1.807, 2.05) is 0 Å². The van der Waals surface area contributed by atoms with Gasteiger partial charge in [0, 0.05) is 0 Å². The van der Waals surface area contributed by atoms with E-state index in [-0.39, 0.29) is 0 Å². The lowest BCUT2D eigenvalue weighted by molar-refractivity contribution is 0.162. The van der Waals surface area contributed by atoms with Crippen LogP contribution < -0.4 is 0 Å². The predicted octanol–water partition coefficient (Wildman–Crippen LogP) is 2.93. The highest BCUT2D eigenvalue weighted by atomic mass is 14.3. The number of rotatable bonds is 1. The second-order valence-electron chi connectivity index (χ2n) is 4.37. The van der Waals surface area contributed by atoms with E-state index < -0.39 is 0 Å². The molecule has 0 aromatic heterocycles. The molecular weight excluding hydrogens is 131 g/mol. The van der Waals surface area contributed by atoms with Crippen LogP contribution in [-0.2, 0) is 0 Å². The maximum Gasteiger partial charge on any atom is 0.0699 e. The predicted molar refractivity (Wildman–Crippen MR) is 48.8 cm³/mol. The summed E-state index contributed by atoms with van der Waals surface area (Å²) in [6.45, 7) is 0. The van der Waals surface area contributed by atoms with Gasteiger partial charge in [-0.25, -0.2) is 0 Å². The maximum atomic E-state index is 5.86. The normalized spacial score (nSPS) is 40.0. The van der Waals surface area contributed by atoms with Crippen molar-refractivity contribution in [2.24, 2.45) is 11.8 Å². The summed E-state index contributed by atoms with van der Waals surface area (Å²) in [5.41, 5.74) is 0. The van der Waals surface area contributed by atoms with Crippen LogP contribution in [0.1, 0.15) is 44.9 Å². The summed E-state index contributed by atoms with van der Waals surface area (Å²) in [5, 5.41) is 0. The molecule has 11 heavy (non-hydrogen) atoms. The molecule has 0 aromatic carbocycles. The van der Waals surface area contributed by atoms with Crippen molar-refractivity contribution in [3.63, 3.8) is 0 Å². The van der Waals surface area contributed by atoms with Crippen LogP contribution in [0, 0.1) is 11.8 Å². The molecular formula is C10H17B.